The van der Waals surface area contributed by atoms with Crippen molar-refractivity contribution >= 4 is 15.8 Å². The highest BCUT2D eigenvalue weighted by Crippen LogP contribution is 2.38. The zero-order chi connectivity index (χ0) is 15.0. The fourth-order valence-electron chi connectivity index (χ4n) is 1.83. The first-order valence-corrected chi connectivity index (χ1v) is 7.75. The SMILES string of the molecule is O=S(=O)(Nc1ccc(C2CC2)nn1)c1ccc(F)c(F)c1. The Balaban J connectivity index is 1.82. The molecule has 1 aliphatic rings. The van der Waals surface area contributed by atoms with Gasteiger partial charge in [-0.2, -0.15) is 5.10 Å². The van der Waals surface area contributed by atoms with Crippen LogP contribution in [-0.2, 0) is 10.0 Å². The normalized spacial score (nSPS) is 15.0. The molecular formula is C13H11F2N3O2S. The fourth-order valence-corrected chi connectivity index (χ4v) is 2.84. The molecule has 0 unspecified atom stereocenters. The lowest BCUT2D eigenvalue weighted by atomic mass is 10.3. The van der Waals surface area contributed by atoms with Gasteiger partial charge in [-0.05, 0) is 43.2 Å². The number of rotatable bonds is 4. The van der Waals surface area contributed by atoms with Crippen LogP contribution in [-0.4, -0.2) is 18.6 Å². The first-order valence-electron chi connectivity index (χ1n) is 6.27. The lowest BCUT2D eigenvalue weighted by Crippen LogP contribution is -2.15. The van der Waals surface area contributed by atoms with Crippen molar-refractivity contribution in [2.24, 2.45) is 0 Å². The van der Waals surface area contributed by atoms with E-state index in [1.165, 1.54) is 6.07 Å². The Morgan fingerprint density at radius 2 is 1.81 bits per heavy atom. The van der Waals surface area contributed by atoms with Crippen LogP contribution in [0.5, 0.6) is 0 Å². The molecule has 0 saturated heterocycles. The standard InChI is InChI=1S/C13H11F2N3O2S/c14-10-4-3-9(7-11(10)15)21(19,20)18-13-6-5-12(16-17-13)8-1-2-8/h3-8H,1-2H2,(H,17,18). The highest BCUT2D eigenvalue weighted by Gasteiger charge is 2.25. The predicted molar refractivity (Wildman–Crippen MR) is 71.2 cm³/mol. The molecule has 1 aromatic heterocycles. The van der Waals surface area contributed by atoms with E-state index in [9.17, 15) is 17.2 Å². The van der Waals surface area contributed by atoms with E-state index in [2.05, 4.69) is 14.9 Å². The van der Waals surface area contributed by atoms with Gasteiger partial charge in [-0.1, -0.05) is 0 Å². The van der Waals surface area contributed by atoms with Gasteiger partial charge in [0.05, 0.1) is 10.6 Å². The lowest BCUT2D eigenvalue weighted by molar-refractivity contribution is 0.504. The maximum absolute atomic E-state index is 13.1. The van der Waals surface area contributed by atoms with Gasteiger partial charge in [-0.3, -0.25) is 4.72 Å². The first-order chi connectivity index (χ1) is 9.95. The monoisotopic (exact) mass is 311 g/mol. The Morgan fingerprint density at radius 1 is 1.05 bits per heavy atom. The minimum atomic E-state index is -4.03. The van der Waals surface area contributed by atoms with E-state index in [0.29, 0.717) is 12.0 Å². The molecule has 0 spiro atoms. The van der Waals surface area contributed by atoms with Crippen molar-refractivity contribution in [3.63, 3.8) is 0 Å². The van der Waals surface area contributed by atoms with E-state index in [-0.39, 0.29) is 10.7 Å². The third-order valence-corrected chi connectivity index (χ3v) is 4.47. The van der Waals surface area contributed by atoms with Gasteiger partial charge in [-0.15, -0.1) is 5.10 Å². The van der Waals surface area contributed by atoms with Crippen LogP contribution in [0.2, 0.25) is 0 Å². The Bertz CT molecular complexity index is 775. The average molecular weight is 311 g/mol. The Kier molecular flexibility index (Phi) is 3.32. The summed E-state index contributed by atoms with van der Waals surface area (Å²) in [7, 11) is -4.03. The van der Waals surface area contributed by atoms with Crippen molar-refractivity contribution in [3.05, 3.63) is 47.7 Å². The topological polar surface area (TPSA) is 72.0 Å². The van der Waals surface area contributed by atoms with Gasteiger partial charge in [0.2, 0.25) is 0 Å². The number of sulfonamides is 1. The molecule has 0 aliphatic heterocycles. The van der Waals surface area contributed by atoms with Crippen LogP contribution in [0.3, 0.4) is 0 Å². The molecule has 110 valence electrons. The van der Waals surface area contributed by atoms with Gasteiger partial charge < -0.3 is 0 Å². The molecule has 0 atom stereocenters. The quantitative estimate of drug-likeness (QED) is 0.941. The number of halogens is 2. The summed E-state index contributed by atoms with van der Waals surface area (Å²) >= 11 is 0. The molecule has 1 heterocycles. The predicted octanol–water partition coefficient (Wildman–Crippen LogP) is 2.43. The second kappa shape index (κ2) is 5.03. The highest BCUT2D eigenvalue weighted by atomic mass is 32.2. The molecule has 0 radical (unpaired) electrons. The third-order valence-electron chi connectivity index (χ3n) is 3.12. The molecule has 3 rings (SSSR count). The summed E-state index contributed by atoms with van der Waals surface area (Å²) in [4.78, 5) is -0.380. The fraction of sp³-hybridized carbons (Fsp3) is 0.231. The van der Waals surface area contributed by atoms with Gasteiger partial charge in [0, 0.05) is 5.92 Å². The Morgan fingerprint density at radius 3 is 2.38 bits per heavy atom. The number of benzene rings is 1. The van der Waals surface area contributed by atoms with Gasteiger partial charge in [0.1, 0.15) is 0 Å². The summed E-state index contributed by atoms with van der Waals surface area (Å²) in [5.41, 5.74) is 0.825. The van der Waals surface area contributed by atoms with E-state index in [1.807, 2.05) is 0 Å². The third kappa shape index (κ3) is 2.99. The molecule has 0 amide bonds. The van der Waals surface area contributed by atoms with Gasteiger partial charge in [-0.25, -0.2) is 17.2 Å². The van der Waals surface area contributed by atoms with E-state index >= 15 is 0 Å². The maximum Gasteiger partial charge on any atom is 0.263 e. The van der Waals surface area contributed by atoms with Crippen molar-refractivity contribution in [2.45, 2.75) is 23.7 Å². The molecule has 5 nitrogen and oxygen atoms in total. The number of aromatic nitrogens is 2. The molecule has 2 aromatic rings. The number of anilines is 1. The zero-order valence-electron chi connectivity index (χ0n) is 10.8. The average Bonchev–Trinajstić information content (AvgIpc) is 3.27. The van der Waals surface area contributed by atoms with Gasteiger partial charge in [0.15, 0.2) is 17.5 Å². The minimum Gasteiger partial charge on any atom is -0.262 e. The zero-order valence-corrected chi connectivity index (χ0v) is 11.6. The highest BCUT2D eigenvalue weighted by molar-refractivity contribution is 7.92. The summed E-state index contributed by atoms with van der Waals surface area (Å²) < 4.78 is 52.2. The van der Waals surface area contributed by atoms with Crippen molar-refractivity contribution in [1.29, 1.82) is 0 Å². The van der Waals surface area contributed by atoms with Crippen LogP contribution in [0.25, 0.3) is 0 Å². The van der Waals surface area contributed by atoms with E-state index in [4.69, 9.17) is 0 Å². The van der Waals surface area contributed by atoms with Crippen LogP contribution in [0.1, 0.15) is 24.5 Å². The van der Waals surface area contributed by atoms with E-state index in [1.54, 1.807) is 6.07 Å². The first kappa shape index (κ1) is 13.9. The summed E-state index contributed by atoms with van der Waals surface area (Å²) in [6.45, 7) is 0. The second-order valence-electron chi connectivity index (χ2n) is 4.80. The van der Waals surface area contributed by atoms with Crippen LogP contribution in [0.4, 0.5) is 14.6 Å². The summed E-state index contributed by atoms with van der Waals surface area (Å²) in [5, 5.41) is 7.72. The summed E-state index contributed by atoms with van der Waals surface area (Å²) in [6, 6.07) is 5.55. The molecule has 21 heavy (non-hydrogen) atoms. The molecule has 0 bridgehead atoms. The van der Waals surface area contributed by atoms with Crippen molar-refractivity contribution in [3.8, 4) is 0 Å². The number of nitrogens with one attached hydrogen (secondary N) is 1. The summed E-state index contributed by atoms with van der Waals surface area (Å²) in [5.74, 6) is -1.89. The molecule has 1 aliphatic carbocycles. The minimum absolute atomic E-state index is 0.0316. The van der Waals surface area contributed by atoms with Crippen LogP contribution in [0.15, 0.2) is 35.2 Å². The molecule has 1 aromatic carbocycles. The smallest absolute Gasteiger partial charge is 0.262 e. The molecule has 1 fully saturated rings. The maximum atomic E-state index is 13.1. The van der Waals surface area contributed by atoms with Crippen LogP contribution < -0.4 is 4.72 Å². The van der Waals surface area contributed by atoms with Gasteiger partial charge in [0.25, 0.3) is 10.0 Å². The van der Waals surface area contributed by atoms with Gasteiger partial charge >= 0.3 is 0 Å². The number of hydrogen-bond donors (Lipinski definition) is 1. The molecule has 1 saturated carbocycles. The Hall–Kier alpha value is -2.09. The molecule has 1 N–H and O–H groups in total. The lowest BCUT2D eigenvalue weighted by Gasteiger charge is -2.07. The second-order valence-corrected chi connectivity index (χ2v) is 6.48. The van der Waals surface area contributed by atoms with Crippen LogP contribution in [0, 0.1) is 11.6 Å². The molecular weight excluding hydrogens is 300 g/mol. The van der Waals surface area contributed by atoms with Crippen molar-refractivity contribution in [1.82, 2.24) is 10.2 Å². The van der Waals surface area contributed by atoms with Crippen LogP contribution >= 0.6 is 0 Å². The van der Waals surface area contributed by atoms with E-state index < -0.39 is 21.7 Å². The van der Waals surface area contributed by atoms with Crippen molar-refractivity contribution < 1.29 is 17.2 Å². The van der Waals surface area contributed by atoms with E-state index in [0.717, 1.165) is 30.7 Å². The molecule has 8 heteroatoms. The number of hydrogen-bond acceptors (Lipinski definition) is 4. The largest absolute Gasteiger partial charge is 0.263 e. The number of nitrogens with zero attached hydrogens (tertiary/aromatic N) is 2. The Labute approximate surface area is 120 Å². The summed E-state index contributed by atoms with van der Waals surface area (Å²) in [6.07, 6.45) is 2.13. The van der Waals surface area contributed by atoms with Crippen molar-refractivity contribution in [2.75, 3.05) is 4.72 Å².